The molecule has 1 fully saturated rings. The Morgan fingerprint density at radius 3 is 2.94 bits per heavy atom. The summed E-state index contributed by atoms with van der Waals surface area (Å²) >= 11 is 5.90. The first-order valence-electron chi connectivity index (χ1n) is 5.49. The third-order valence-corrected chi connectivity index (χ3v) is 3.08. The maximum atomic E-state index is 12.8. The number of hydrogen-bond donors (Lipinski definition) is 1. The zero-order valence-corrected chi connectivity index (χ0v) is 9.93. The van der Waals surface area contributed by atoms with E-state index in [1.54, 1.807) is 6.07 Å². The normalized spacial score (nSPS) is 24.7. The minimum absolute atomic E-state index is 0.233. The molecule has 0 saturated carbocycles. The smallest absolute Gasteiger partial charge is 0.124 e. The van der Waals surface area contributed by atoms with Crippen LogP contribution in [0, 0.1) is 5.82 Å². The molecule has 88 valence electrons. The summed E-state index contributed by atoms with van der Waals surface area (Å²) in [6.45, 7) is 2.79. The Bertz CT molecular complexity index is 372. The van der Waals surface area contributed by atoms with Crippen LogP contribution < -0.4 is 5.32 Å². The van der Waals surface area contributed by atoms with Crippen LogP contribution in [0.3, 0.4) is 0 Å². The summed E-state index contributed by atoms with van der Waals surface area (Å²) in [5.41, 5.74) is 0.756. The average Bonchev–Trinajstić information content (AvgIpc) is 2.63. The number of rotatable bonds is 3. The molecule has 1 saturated heterocycles. The van der Waals surface area contributed by atoms with Gasteiger partial charge in [-0.15, -0.1) is 0 Å². The highest BCUT2D eigenvalue weighted by Crippen LogP contribution is 2.24. The van der Waals surface area contributed by atoms with E-state index < -0.39 is 0 Å². The summed E-state index contributed by atoms with van der Waals surface area (Å²) in [6, 6.07) is 4.35. The molecule has 2 atom stereocenters. The van der Waals surface area contributed by atoms with Crippen molar-refractivity contribution in [3.05, 3.63) is 29.0 Å². The van der Waals surface area contributed by atoms with E-state index in [4.69, 9.17) is 16.3 Å². The third kappa shape index (κ3) is 2.86. The van der Waals surface area contributed by atoms with E-state index in [0.29, 0.717) is 11.1 Å². The Balaban J connectivity index is 1.89. The highest BCUT2D eigenvalue weighted by Gasteiger charge is 2.21. The maximum absolute atomic E-state index is 12.8. The van der Waals surface area contributed by atoms with Crippen LogP contribution in [0.2, 0.25) is 5.02 Å². The molecule has 2 nitrogen and oxygen atoms in total. The highest BCUT2D eigenvalue weighted by atomic mass is 35.5. The minimum atomic E-state index is -0.318. The van der Waals surface area contributed by atoms with Crippen LogP contribution in [0.25, 0.3) is 0 Å². The molecule has 0 bridgehead atoms. The monoisotopic (exact) mass is 243 g/mol. The van der Waals surface area contributed by atoms with Gasteiger partial charge in [-0.3, -0.25) is 0 Å². The van der Waals surface area contributed by atoms with E-state index in [1.807, 2.05) is 0 Å². The fraction of sp³-hybridized carbons (Fsp3) is 0.500. The Morgan fingerprint density at radius 1 is 1.50 bits per heavy atom. The quantitative estimate of drug-likeness (QED) is 0.878. The second kappa shape index (κ2) is 5.02. The number of nitrogens with one attached hydrogen (secondary N) is 1. The van der Waals surface area contributed by atoms with Crippen LogP contribution in [0.5, 0.6) is 0 Å². The summed E-state index contributed by atoms with van der Waals surface area (Å²) in [5.74, 6) is -0.318. The van der Waals surface area contributed by atoms with Gasteiger partial charge in [-0.25, -0.2) is 4.39 Å². The maximum Gasteiger partial charge on any atom is 0.124 e. The SMILES string of the molecule is CC1CCC(CNc2ccc(F)cc2Cl)O1. The van der Waals surface area contributed by atoms with E-state index >= 15 is 0 Å². The number of anilines is 1. The van der Waals surface area contributed by atoms with Crippen LogP contribution >= 0.6 is 11.6 Å². The number of benzene rings is 1. The van der Waals surface area contributed by atoms with Gasteiger partial charge in [0.05, 0.1) is 22.9 Å². The zero-order chi connectivity index (χ0) is 11.5. The Labute approximate surface area is 99.7 Å². The molecule has 0 radical (unpaired) electrons. The molecule has 0 amide bonds. The average molecular weight is 244 g/mol. The standard InChI is InChI=1S/C12H15ClFNO/c1-8-2-4-10(16-8)7-15-12-5-3-9(14)6-11(12)13/h3,5-6,8,10,15H,2,4,7H2,1H3. The van der Waals surface area contributed by atoms with E-state index in [-0.39, 0.29) is 11.9 Å². The van der Waals surface area contributed by atoms with Crippen LogP contribution in [0.15, 0.2) is 18.2 Å². The molecule has 0 spiro atoms. The number of halogens is 2. The molecule has 1 aliphatic rings. The highest BCUT2D eigenvalue weighted by molar-refractivity contribution is 6.33. The van der Waals surface area contributed by atoms with Crippen LogP contribution in [0.1, 0.15) is 19.8 Å². The second-order valence-corrected chi connectivity index (χ2v) is 4.56. The van der Waals surface area contributed by atoms with Crippen molar-refractivity contribution >= 4 is 17.3 Å². The molecule has 2 unspecified atom stereocenters. The van der Waals surface area contributed by atoms with Crippen molar-refractivity contribution < 1.29 is 9.13 Å². The van der Waals surface area contributed by atoms with Crippen LogP contribution in [0.4, 0.5) is 10.1 Å². The van der Waals surface area contributed by atoms with Gasteiger partial charge in [0, 0.05) is 6.54 Å². The zero-order valence-electron chi connectivity index (χ0n) is 9.17. The lowest BCUT2D eigenvalue weighted by Crippen LogP contribution is -2.19. The lowest BCUT2D eigenvalue weighted by molar-refractivity contribution is 0.0637. The van der Waals surface area contributed by atoms with E-state index in [1.165, 1.54) is 12.1 Å². The van der Waals surface area contributed by atoms with Gasteiger partial charge >= 0.3 is 0 Å². The summed E-state index contributed by atoms with van der Waals surface area (Å²) in [5, 5.41) is 3.59. The van der Waals surface area contributed by atoms with Gasteiger partial charge in [0.15, 0.2) is 0 Å². The fourth-order valence-electron chi connectivity index (χ4n) is 1.89. The molecule has 1 aromatic carbocycles. The molecule has 0 aromatic heterocycles. The summed E-state index contributed by atoms with van der Waals surface area (Å²) in [4.78, 5) is 0. The summed E-state index contributed by atoms with van der Waals surface area (Å²) in [7, 11) is 0. The summed E-state index contributed by atoms with van der Waals surface area (Å²) < 4.78 is 18.5. The first-order chi connectivity index (χ1) is 7.65. The molecule has 2 rings (SSSR count). The van der Waals surface area contributed by atoms with Crippen LogP contribution in [-0.2, 0) is 4.74 Å². The second-order valence-electron chi connectivity index (χ2n) is 4.15. The van der Waals surface area contributed by atoms with Crippen molar-refractivity contribution in [3.8, 4) is 0 Å². The number of hydrogen-bond acceptors (Lipinski definition) is 2. The molecular weight excluding hydrogens is 229 g/mol. The molecule has 16 heavy (non-hydrogen) atoms. The van der Waals surface area contributed by atoms with Gasteiger partial charge in [-0.2, -0.15) is 0 Å². The van der Waals surface area contributed by atoms with Crippen molar-refractivity contribution in [1.29, 1.82) is 0 Å². The summed E-state index contributed by atoms with van der Waals surface area (Å²) in [6.07, 6.45) is 2.74. The molecular formula is C12H15ClFNO. The van der Waals surface area contributed by atoms with Crippen molar-refractivity contribution in [2.24, 2.45) is 0 Å². The molecule has 1 aromatic rings. The minimum Gasteiger partial charge on any atom is -0.381 e. The van der Waals surface area contributed by atoms with Gasteiger partial charge in [-0.05, 0) is 38.0 Å². The van der Waals surface area contributed by atoms with Gasteiger partial charge in [0.1, 0.15) is 5.82 Å². The molecule has 1 N–H and O–H groups in total. The Kier molecular flexibility index (Phi) is 3.66. The van der Waals surface area contributed by atoms with Gasteiger partial charge in [0.2, 0.25) is 0 Å². The molecule has 0 aliphatic carbocycles. The first-order valence-corrected chi connectivity index (χ1v) is 5.87. The fourth-order valence-corrected chi connectivity index (χ4v) is 2.13. The predicted molar refractivity (Wildman–Crippen MR) is 63.5 cm³/mol. The van der Waals surface area contributed by atoms with E-state index in [2.05, 4.69) is 12.2 Å². The third-order valence-electron chi connectivity index (χ3n) is 2.77. The Hall–Kier alpha value is -0.800. The van der Waals surface area contributed by atoms with Gasteiger partial charge < -0.3 is 10.1 Å². The Morgan fingerprint density at radius 2 is 2.31 bits per heavy atom. The van der Waals surface area contributed by atoms with Gasteiger partial charge in [0.25, 0.3) is 0 Å². The topological polar surface area (TPSA) is 21.3 Å². The van der Waals surface area contributed by atoms with Crippen molar-refractivity contribution in [2.75, 3.05) is 11.9 Å². The van der Waals surface area contributed by atoms with Crippen molar-refractivity contribution in [3.63, 3.8) is 0 Å². The van der Waals surface area contributed by atoms with Crippen LogP contribution in [-0.4, -0.2) is 18.8 Å². The van der Waals surface area contributed by atoms with E-state index in [9.17, 15) is 4.39 Å². The van der Waals surface area contributed by atoms with Crippen molar-refractivity contribution in [1.82, 2.24) is 0 Å². The predicted octanol–water partition coefficient (Wildman–Crippen LogP) is 3.46. The van der Waals surface area contributed by atoms with Gasteiger partial charge in [-0.1, -0.05) is 11.6 Å². The van der Waals surface area contributed by atoms with Crippen molar-refractivity contribution in [2.45, 2.75) is 32.0 Å². The largest absolute Gasteiger partial charge is 0.381 e. The lowest BCUT2D eigenvalue weighted by Gasteiger charge is -2.14. The first kappa shape index (κ1) is 11.7. The lowest BCUT2D eigenvalue weighted by atomic mass is 10.2. The number of ether oxygens (including phenoxy) is 1. The van der Waals surface area contributed by atoms with E-state index in [0.717, 1.165) is 25.1 Å². The molecule has 1 aliphatic heterocycles. The molecule has 4 heteroatoms. The molecule has 1 heterocycles.